The molecule has 0 aliphatic carbocycles. The first-order valence-electron chi connectivity index (χ1n) is 6.51. The van der Waals surface area contributed by atoms with Gasteiger partial charge >= 0.3 is 5.97 Å². The Kier molecular flexibility index (Phi) is 3.99. The molecule has 0 aliphatic heterocycles. The molecule has 0 unspecified atom stereocenters. The maximum atomic E-state index is 11.0. The normalized spacial score (nSPS) is 12.5. The van der Waals surface area contributed by atoms with Crippen LogP contribution in [0, 0.1) is 6.92 Å². The molecule has 0 fully saturated rings. The predicted octanol–water partition coefficient (Wildman–Crippen LogP) is 3.75. The van der Waals surface area contributed by atoms with E-state index in [0.717, 1.165) is 11.1 Å². The van der Waals surface area contributed by atoms with E-state index in [9.17, 15) is 9.90 Å². The summed E-state index contributed by atoms with van der Waals surface area (Å²) in [4.78, 5) is 11.0. The summed E-state index contributed by atoms with van der Waals surface area (Å²) in [6.45, 7) is 11.8. The van der Waals surface area contributed by atoms with Crippen LogP contribution in [0.15, 0.2) is 12.1 Å². The van der Waals surface area contributed by atoms with Gasteiger partial charge in [-0.05, 0) is 17.9 Å². The lowest BCUT2D eigenvalue weighted by atomic mass is 9.76. The van der Waals surface area contributed by atoms with Gasteiger partial charge in [0.1, 0.15) is 5.75 Å². The molecule has 106 valence electrons. The number of aryl methyl sites for hydroxylation is 1. The molecule has 0 radical (unpaired) electrons. The molecule has 0 atom stereocenters. The third kappa shape index (κ3) is 3.49. The van der Waals surface area contributed by atoms with Crippen molar-refractivity contribution in [3.8, 4) is 5.75 Å². The highest BCUT2D eigenvalue weighted by Gasteiger charge is 2.30. The topological polar surface area (TPSA) is 57.5 Å². The molecule has 0 spiro atoms. The number of carbonyl (C=O) groups is 1. The quantitative estimate of drug-likeness (QED) is 0.874. The second-order valence-corrected chi connectivity index (χ2v) is 6.91. The summed E-state index contributed by atoms with van der Waals surface area (Å²) in [5, 5.41) is 19.5. The Labute approximate surface area is 115 Å². The van der Waals surface area contributed by atoms with Gasteiger partial charge in [-0.2, -0.15) is 0 Å². The molecule has 19 heavy (non-hydrogen) atoms. The molecule has 1 aromatic carbocycles. The number of hydrogen-bond donors (Lipinski definition) is 2. The molecule has 0 saturated carbocycles. The van der Waals surface area contributed by atoms with E-state index >= 15 is 0 Å². The van der Waals surface area contributed by atoms with Gasteiger partial charge in [-0.3, -0.25) is 4.79 Å². The SMILES string of the molecule is Cc1cc(C(C)(C)C)c(O)c(C(C)(C)CC(=O)O)c1. The van der Waals surface area contributed by atoms with E-state index in [4.69, 9.17) is 5.11 Å². The van der Waals surface area contributed by atoms with Crippen molar-refractivity contribution in [1.29, 1.82) is 0 Å². The smallest absolute Gasteiger partial charge is 0.304 e. The maximum absolute atomic E-state index is 11.0. The molecule has 2 N–H and O–H groups in total. The lowest BCUT2D eigenvalue weighted by Crippen LogP contribution is -2.23. The van der Waals surface area contributed by atoms with E-state index in [1.165, 1.54) is 0 Å². The van der Waals surface area contributed by atoms with E-state index in [1.807, 2.05) is 53.7 Å². The number of carboxylic acids is 1. The number of rotatable bonds is 3. The molecule has 1 rings (SSSR count). The molecule has 0 aliphatic rings. The first kappa shape index (κ1) is 15.5. The average Bonchev–Trinajstić information content (AvgIpc) is 2.17. The lowest BCUT2D eigenvalue weighted by molar-refractivity contribution is -0.138. The highest BCUT2D eigenvalue weighted by atomic mass is 16.4. The van der Waals surface area contributed by atoms with E-state index in [1.54, 1.807) is 0 Å². The molecular formula is C16H24O3. The second kappa shape index (κ2) is 4.87. The van der Waals surface area contributed by atoms with Crippen LogP contribution in [0.5, 0.6) is 5.75 Å². The predicted molar refractivity (Wildman–Crippen MR) is 76.8 cm³/mol. The third-order valence-corrected chi connectivity index (χ3v) is 3.38. The van der Waals surface area contributed by atoms with Crippen molar-refractivity contribution in [2.24, 2.45) is 0 Å². The van der Waals surface area contributed by atoms with E-state index in [2.05, 4.69) is 0 Å². The average molecular weight is 264 g/mol. The summed E-state index contributed by atoms with van der Waals surface area (Å²) in [6, 6.07) is 3.85. The minimum absolute atomic E-state index is 0.00635. The van der Waals surface area contributed by atoms with Crippen molar-refractivity contribution in [3.63, 3.8) is 0 Å². The van der Waals surface area contributed by atoms with Crippen LogP contribution in [-0.2, 0) is 15.6 Å². The summed E-state index contributed by atoms with van der Waals surface area (Å²) in [7, 11) is 0. The number of aliphatic carboxylic acids is 1. The lowest BCUT2D eigenvalue weighted by Gasteiger charge is -2.29. The first-order chi connectivity index (χ1) is 8.45. The largest absolute Gasteiger partial charge is 0.507 e. The number of phenolic OH excluding ortho intramolecular Hbond substituents is 1. The number of carboxylic acid groups (broad SMARTS) is 1. The van der Waals surface area contributed by atoms with E-state index in [-0.39, 0.29) is 17.6 Å². The van der Waals surface area contributed by atoms with Crippen LogP contribution in [0.1, 0.15) is 57.7 Å². The van der Waals surface area contributed by atoms with Gasteiger partial charge in [0.25, 0.3) is 0 Å². The summed E-state index contributed by atoms with van der Waals surface area (Å²) >= 11 is 0. The Bertz CT molecular complexity index is 493. The number of benzene rings is 1. The standard InChI is InChI=1S/C16H24O3/c1-10-7-11(15(2,3)4)14(19)12(8-10)16(5,6)9-13(17)18/h7-8,19H,9H2,1-6H3,(H,17,18). The van der Waals surface area contributed by atoms with Gasteiger partial charge in [0.15, 0.2) is 0 Å². The third-order valence-electron chi connectivity index (χ3n) is 3.38. The zero-order valence-corrected chi connectivity index (χ0v) is 12.7. The van der Waals surface area contributed by atoms with Crippen molar-refractivity contribution >= 4 is 5.97 Å². The molecule has 0 heterocycles. The molecular weight excluding hydrogens is 240 g/mol. The molecule has 3 heteroatoms. The van der Waals surface area contributed by atoms with Crippen molar-refractivity contribution in [2.45, 2.75) is 58.8 Å². The fraction of sp³-hybridized carbons (Fsp3) is 0.562. The highest BCUT2D eigenvalue weighted by Crippen LogP contribution is 2.41. The molecule has 0 bridgehead atoms. The number of hydrogen-bond acceptors (Lipinski definition) is 2. The Hall–Kier alpha value is -1.51. The zero-order valence-electron chi connectivity index (χ0n) is 12.7. The first-order valence-corrected chi connectivity index (χ1v) is 6.51. The minimum atomic E-state index is -0.858. The summed E-state index contributed by atoms with van der Waals surface area (Å²) < 4.78 is 0. The summed E-state index contributed by atoms with van der Waals surface area (Å²) in [5.74, 6) is -0.632. The van der Waals surface area contributed by atoms with Gasteiger partial charge in [-0.25, -0.2) is 0 Å². The van der Waals surface area contributed by atoms with Crippen molar-refractivity contribution in [2.75, 3.05) is 0 Å². The van der Waals surface area contributed by atoms with E-state index < -0.39 is 11.4 Å². The summed E-state index contributed by atoms with van der Waals surface area (Å²) in [6.07, 6.45) is -0.00635. The highest BCUT2D eigenvalue weighted by molar-refractivity contribution is 5.69. The van der Waals surface area contributed by atoms with Crippen LogP contribution in [0.4, 0.5) is 0 Å². The number of phenols is 1. The monoisotopic (exact) mass is 264 g/mol. The van der Waals surface area contributed by atoms with Crippen LogP contribution in [0.2, 0.25) is 0 Å². The molecule has 0 amide bonds. The Morgan fingerprint density at radius 1 is 1.11 bits per heavy atom. The van der Waals surface area contributed by atoms with E-state index in [0.29, 0.717) is 5.56 Å². The van der Waals surface area contributed by atoms with Crippen molar-refractivity contribution in [1.82, 2.24) is 0 Å². The fourth-order valence-corrected chi connectivity index (χ4v) is 2.34. The zero-order chi connectivity index (χ0) is 15.0. The number of aromatic hydroxyl groups is 1. The van der Waals surface area contributed by atoms with Crippen LogP contribution in [-0.4, -0.2) is 16.2 Å². The second-order valence-electron chi connectivity index (χ2n) is 6.91. The van der Waals surface area contributed by atoms with Gasteiger partial charge in [-0.15, -0.1) is 0 Å². The van der Waals surface area contributed by atoms with Crippen LogP contribution >= 0.6 is 0 Å². The van der Waals surface area contributed by atoms with Gasteiger partial charge in [-0.1, -0.05) is 52.3 Å². The summed E-state index contributed by atoms with van der Waals surface area (Å²) in [5.41, 5.74) is 1.84. The molecule has 1 aromatic rings. The Balaban J connectivity index is 3.45. The van der Waals surface area contributed by atoms with Crippen molar-refractivity contribution < 1.29 is 15.0 Å². The van der Waals surface area contributed by atoms with Crippen molar-refractivity contribution in [3.05, 3.63) is 28.8 Å². The molecule has 0 saturated heterocycles. The van der Waals surface area contributed by atoms with Crippen LogP contribution < -0.4 is 0 Å². The molecule has 3 nitrogen and oxygen atoms in total. The van der Waals surface area contributed by atoms with Gasteiger partial charge in [0.05, 0.1) is 6.42 Å². The Morgan fingerprint density at radius 2 is 1.58 bits per heavy atom. The minimum Gasteiger partial charge on any atom is -0.507 e. The van der Waals surface area contributed by atoms with Gasteiger partial charge in [0, 0.05) is 11.0 Å². The fourth-order valence-electron chi connectivity index (χ4n) is 2.34. The molecule has 0 aromatic heterocycles. The van der Waals surface area contributed by atoms with Crippen LogP contribution in [0.3, 0.4) is 0 Å². The van der Waals surface area contributed by atoms with Gasteiger partial charge in [0.2, 0.25) is 0 Å². The maximum Gasteiger partial charge on any atom is 0.304 e. The van der Waals surface area contributed by atoms with Crippen LogP contribution in [0.25, 0.3) is 0 Å². The Morgan fingerprint density at radius 3 is 2.00 bits per heavy atom. The van der Waals surface area contributed by atoms with Gasteiger partial charge < -0.3 is 10.2 Å².